The minimum absolute atomic E-state index is 0.197. The van der Waals surface area contributed by atoms with E-state index in [0.717, 1.165) is 28.5 Å². The van der Waals surface area contributed by atoms with E-state index in [9.17, 15) is 14.7 Å². The topological polar surface area (TPSA) is 104 Å². The molecule has 0 aliphatic rings. The number of carbonyl (C=O) groups is 2. The maximum absolute atomic E-state index is 13.4. The van der Waals surface area contributed by atoms with Crippen LogP contribution in [0.4, 0.5) is 5.69 Å². The first kappa shape index (κ1) is 29.0. The van der Waals surface area contributed by atoms with E-state index < -0.39 is 12.1 Å². The Morgan fingerprint density at radius 3 is 2.52 bits per heavy atom. The summed E-state index contributed by atoms with van der Waals surface area (Å²) in [6.45, 7) is 5.38. The Kier molecular flexibility index (Phi) is 9.68. The monoisotopic (exact) mass is 560 g/mol. The number of nitrogens with one attached hydrogen (secondary N) is 1. The van der Waals surface area contributed by atoms with Crippen LogP contribution in [0.25, 0.3) is 0 Å². The van der Waals surface area contributed by atoms with E-state index in [4.69, 9.17) is 0 Å². The number of nitrogens with zero attached hydrogens (tertiary/aromatic N) is 5. The Morgan fingerprint density at radius 2 is 1.85 bits per heavy atom. The third kappa shape index (κ3) is 7.55. The Hall–Kier alpha value is -4.02. The molecule has 2 aromatic heterocycles. The van der Waals surface area contributed by atoms with E-state index >= 15 is 0 Å². The lowest BCUT2D eigenvalue weighted by atomic mass is 10.00. The van der Waals surface area contributed by atoms with Gasteiger partial charge in [-0.3, -0.25) is 14.3 Å². The van der Waals surface area contributed by atoms with Gasteiger partial charge in [-0.1, -0.05) is 36.4 Å². The molecule has 4 rings (SSSR count). The molecular formula is C30H36N6O3S. The summed E-state index contributed by atoms with van der Waals surface area (Å²) in [5.41, 5.74) is 3.57. The third-order valence-electron chi connectivity index (χ3n) is 6.68. The van der Waals surface area contributed by atoms with Crippen molar-refractivity contribution in [2.45, 2.75) is 45.5 Å². The Morgan fingerprint density at radius 1 is 1.10 bits per heavy atom. The van der Waals surface area contributed by atoms with Crippen LogP contribution in [-0.4, -0.2) is 69.4 Å². The van der Waals surface area contributed by atoms with Crippen LogP contribution in [-0.2, 0) is 19.5 Å². The molecule has 0 radical (unpaired) electrons. The van der Waals surface area contributed by atoms with E-state index in [0.29, 0.717) is 30.6 Å². The molecule has 0 saturated heterocycles. The molecule has 0 bridgehead atoms. The van der Waals surface area contributed by atoms with Crippen molar-refractivity contribution >= 4 is 28.8 Å². The maximum Gasteiger partial charge on any atom is 0.253 e. The van der Waals surface area contributed by atoms with Crippen LogP contribution in [0.2, 0.25) is 0 Å². The normalized spacial score (nSPS) is 12.5. The first-order valence-electron chi connectivity index (χ1n) is 13.3. The summed E-state index contributed by atoms with van der Waals surface area (Å²) in [5, 5.41) is 21.4. The number of amides is 2. The predicted octanol–water partition coefficient (Wildman–Crippen LogP) is 3.78. The lowest BCUT2D eigenvalue weighted by molar-refractivity contribution is 0.0785. The number of thiazole rings is 1. The fraction of sp³-hybridized carbons (Fsp3) is 0.333. The second kappa shape index (κ2) is 13.4. The van der Waals surface area contributed by atoms with Crippen molar-refractivity contribution in [1.29, 1.82) is 0 Å². The second-order valence-electron chi connectivity index (χ2n) is 9.90. The highest BCUT2D eigenvalue weighted by molar-refractivity contribution is 7.09. The molecule has 0 aliphatic carbocycles. The number of aryl methyl sites for hydroxylation is 2. The molecule has 4 aromatic rings. The molecule has 0 spiro atoms. The number of aliphatic hydroxyl groups is 1. The number of likely N-dealkylation sites (N-methyl/N-ethyl adjacent to an activating group) is 1. The van der Waals surface area contributed by atoms with E-state index in [2.05, 4.69) is 15.4 Å². The summed E-state index contributed by atoms with van der Waals surface area (Å²) in [5.74, 6) is -0.549. The van der Waals surface area contributed by atoms with E-state index in [1.54, 1.807) is 42.4 Å². The van der Waals surface area contributed by atoms with Gasteiger partial charge in [-0.25, -0.2) is 4.98 Å². The Labute approximate surface area is 239 Å². The van der Waals surface area contributed by atoms with Gasteiger partial charge >= 0.3 is 0 Å². The molecule has 0 fully saturated rings. The molecule has 2 N–H and O–H groups in total. The van der Waals surface area contributed by atoms with E-state index in [1.807, 2.05) is 72.4 Å². The fourth-order valence-corrected chi connectivity index (χ4v) is 5.23. The summed E-state index contributed by atoms with van der Waals surface area (Å²) in [4.78, 5) is 34.4. The van der Waals surface area contributed by atoms with Crippen LogP contribution in [0.5, 0.6) is 0 Å². The molecule has 2 amide bonds. The van der Waals surface area contributed by atoms with Crippen LogP contribution in [0.1, 0.15) is 43.9 Å². The minimum Gasteiger partial charge on any atom is -0.389 e. The molecule has 40 heavy (non-hydrogen) atoms. The average molecular weight is 561 g/mol. The molecule has 2 atom stereocenters. The Bertz CT molecular complexity index is 1420. The quantitative estimate of drug-likeness (QED) is 0.273. The van der Waals surface area contributed by atoms with Gasteiger partial charge in [0.2, 0.25) is 0 Å². The highest BCUT2D eigenvalue weighted by Gasteiger charge is 2.25. The zero-order chi connectivity index (χ0) is 28.6. The van der Waals surface area contributed by atoms with Crippen LogP contribution >= 0.6 is 11.3 Å². The highest BCUT2D eigenvalue weighted by Crippen LogP contribution is 2.16. The van der Waals surface area contributed by atoms with Crippen molar-refractivity contribution in [3.8, 4) is 0 Å². The summed E-state index contributed by atoms with van der Waals surface area (Å²) in [6, 6.07) is 15.9. The molecule has 10 heteroatoms. The largest absolute Gasteiger partial charge is 0.389 e. The van der Waals surface area contributed by atoms with Gasteiger partial charge in [-0.2, -0.15) is 5.10 Å². The number of aromatic nitrogens is 3. The van der Waals surface area contributed by atoms with Crippen LogP contribution in [0.3, 0.4) is 0 Å². The zero-order valence-electron chi connectivity index (χ0n) is 23.3. The number of hydrogen-bond acceptors (Lipinski definition) is 7. The summed E-state index contributed by atoms with van der Waals surface area (Å²) < 4.78 is 1.82. The molecule has 9 nitrogen and oxygen atoms in total. The van der Waals surface area contributed by atoms with Crippen molar-refractivity contribution < 1.29 is 14.7 Å². The summed E-state index contributed by atoms with van der Waals surface area (Å²) >= 11 is 1.51. The fourth-order valence-electron chi connectivity index (χ4n) is 4.40. The van der Waals surface area contributed by atoms with Crippen LogP contribution < -0.4 is 10.2 Å². The molecule has 210 valence electrons. The smallest absolute Gasteiger partial charge is 0.253 e. The zero-order valence-corrected chi connectivity index (χ0v) is 24.1. The number of rotatable bonds is 12. The van der Waals surface area contributed by atoms with Gasteiger partial charge in [0.15, 0.2) is 0 Å². The van der Waals surface area contributed by atoms with Gasteiger partial charge in [0.05, 0.1) is 30.6 Å². The van der Waals surface area contributed by atoms with Crippen molar-refractivity contribution in [2.24, 2.45) is 0 Å². The Balaban J connectivity index is 1.47. The predicted molar refractivity (Wildman–Crippen MR) is 158 cm³/mol. The number of hydrogen-bond donors (Lipinski definition) is 2. The average Bonchev–Trinajstić information content (AvgIpc) is 3.61. The van der Waals surface area contributed by atoms with Crippen molar-refractivity contribution in [1.82, 2.24) is 25.0 Å². The van der Waals surface area contributed by atoms with Gasteiger partial charge < -0.3 is 20.2 Å². The van der Waals surface area contributed by atoms with Gasteiger partial charge in [-0.15, -0.1) is 11.3 Å². The molecular weight excluding hydrogens is 524 g/mol. The van der Waals surface area contributed by atoms with Crippen molar-refractivity contribution in [3.63, 3.8) is 0 Å². The molecule has 0 aliphatic heterocycles. The highest BCUT2D eigenvalue weighted by atomic mass is 32.1. The second-order valence-corrected chi connectivity index (χ2v) is 10.8. The van der Waals surface area contributed by atoms with Crippen molar-refractivity contribution in [3.05, 3.63) is 99.8 Å². The summed E-state index contributed by atoms with van der Waals surface area (Å²) in [6.07, 6.45) is 3.27. The molecule has 2 aromatic carbocycles. The number of anilines is 1. The van der Waals surface area contributed by atoms with Gasteiger partial charge in [0.25, 0.3) is 11.8 Å². The van der Waals surface area contributed by atoms with Gasteiger partial charge in [0.1, 0.15) is 5.01 Å². The first-order chi connectivity index (χ1) is 19.2. The number of aliphatic hydroxyl groups excluding tert-OH is 1. The van der Waals surface area contributed by atoms with E-state index in [-0.39, 0.29) is 11.8 Å². The lowest BCUT2D eigenvalue weighted by Crippen LogP contribution is -2.49. The van der Waals surface area contributed by atoms with E-state index in [1.165, 1.54) is 11.3 Å². The first-order valence-corrected chi connectivity index (χ1v) is 14.1. The van der Waals surface area contributed by atoms with Gasteiger partial charge in [-0.05, 0) is 44.0 Å². The molecule has 0 saturated carbocycles. The SMILES string of the molecule is CCn1cc(N(C)C[C@@H](O)[C@H](Cc2ccccc2)NC(=O)c2cccc(C(=O)N(C)Cc3nc(C)cs3)c2)cn1. The van der Waals surface area contributed by atoms with Crippen LogP contribution in [0.15, 0.2) is 72.4 Å². The lowest BCUT2D eigenvalue weighted by Gasteiger charge is -2.28. The molecule has 0 unspecified atom stereocenters. The standard InChI is InChI=1S/C30H36N6O3S/c1-5-36-17-25(16-31-36)34(3)18-27(37)26(14-22-10-7-6-8-11-22)33-29(38)23-12-9-13-24(15-23)30(39)35(4)19-28-32-21(2)20-40-28/h6-13,15-17,20,26-27,37H,5,14,18-19H2,1-4H3,(H,33,38)/t26-,27+/m0/s1. The van der Waals surface area contributed by atoms with Crippen LogP contribution in [0, 0.1) is 6.92 Å². The number of carbonyl (C=O) groups excluding carboxylic acids is 2. The van der Waals surface area contributed by atoms with Gasteiger partial charge in [0, 0.05) is 55.6 Å². The van der Waals surface area contributed by atoms with Crippen molar-refractivity contribution in [2.75, 3.05) is 25.5 Å². The summed E-state index contributed by atoms with van der Waals surface area (Å²) in [7, 11) is 3.61. The third-order valence-corrected chi connectivity index (χ3v) is 7.63. The maximum atomic E-state index is 13.4. The molecule has 2 heterocycles. The minimum atomic E-state index is -0.864. The number of benzene rings is 2.